The summed E-state index contributed by atoms with van der Waals surface area (Å²) in [7, 11) is 1.56. The Morgan fingerprint density at radius 2 is 2.15 bits per heavy atom. The smallest absolute Gasteiger partial charge is 0.244 e. The summed E-state index contributed by atoms with van der Waals surface area (Å²) in [5.74, 6) is -1.14. The highest BCUT2D eigenvalue weighted by Crippen LogP contribution is 2.30. The average Bonchev–Trinajstić information content (AvgIpc) is 3.03. The van der Waals surface area contributed by atoms with Gasteiger partial charge in [-0.15, -0.1) is 11.3 Å². The number of anilines is 2. The third-order valence-corrected chi connectivity index (χ3v) is 4.16. The highest BCUT2D eigenvalue weighted by molar-refractivity contribution is 7.14. The molecule has 1 aromatic heterocycles. The van der Waals surface area contributed by atoms with Gasteiger partial charge in [0.05, 0.1) is 18.0 Å². The van der Waals surface area contributed by atoms with Gasteiger partial charge in [0.15, 0.2) is 5.13 Å². The topological polar surface area (TPSA) is 71.5 Å². The molecule has 138 valence electrons. The Balaban J connectivity index is 2.15. The zero-order valence-electron chi connectivity index (χ0n) is 14.7. The van der Waals surface area contributed by atoms with Crippen molar-refractivity contribution in [1.29, 1.82) is 0 Å². The number of methoxy groups -OCH3 is 1. The normalized spacial score (nSPS) is 12.2. The summed E-state index contributed by atoms with van der Waals surface area (Å²) < 4.78 is 19.0. The van der Waals surface area contributed by atoms with Gasteiger partial charge in [0.25, 0.3) is 0 Å². The second-order valence-electron chi connectivity index (χ2n) is 5.56. The maximum absolute atomic E-state index is 14.0. The minimum absolute atomic E-state index is 0.114. The zero-order valence-corrected chi connectivity index (χ0v) is 15.5. The Labute approximate surface area is 155 Å². The predicted octanol–water partition coefficient (Wildman–Crippen LogP) is 3.13. The van der Waals surface area contributed by atoms with Crippen LogP contribution in [-0.4, -0.2) is 36.6 Å². The second-order valence-corrected chi connectivity index (χ2v) is 6.40. The van der Waals surface area contributed by atoms with E-state index >= 15 is 0 Å². The van der Waals surface area contributed by atoms with Crippen LogP contribution in [0, 0.1) is 5.82 Å². The number of ether oxygens (including phenoxy) is 1. The van der Waals surface area contributed by atoms with Gasteiger partial charge in [-0.05, 0) is 25.1 Å². The number of rotatable bonds is 7. The summed E-state index contributed by atoms with van der Waals surface area (Å²) in [6.45, 7) is 3.58. The second kappa shape index (κ2) is 9.21. The molecule has 8 heteroatoms. The SMILES string of the molecule is COCC(C)NC(=O)C=Cc1csc(N(C(C)=O)c2ccccc2F)n1. The molecule has 1 N–H and O–H groups in total. The maximum atomic E-state index is 14.0. The Morgan fingerprint density at radius 3 is 2.81 bits per heavy atom. The number of nitrogens with one attached hydrogen (secondary N) is 1. The molecule has 6 nitrogen and oxygen atoms in total. The van der Waals surface area contributed by atoms with Gasteiger partial charge in [-0.2, -0.15) is 0 Å². The van der Waals surface area contributed by atoms with Crippen molar-refractivity contribution in [2.45, 2.75) is 19.9 Å². The van der Waals surface area contributed by atoms with E-state index in [9.17, 15) is 14.0 Å². The number of halogens is 1. The van der Waals surface area contributed by atoms with Gasteiger partial charge < -0.3 is 10.1 Å². The molecule has 0 fully saturated rings. The van der Waals surface area contributed by atoms with Crippen molar-refractivity contribution < 1.29 is 18.7 Å². The summed E-state index contributed by atoms with van der Waals surface area (Å²) in [4.78, 5) is 29.3. The average molecular weight is 377 g/mol. The van der Waals surface area contributed by atoms with E-state index in [1.165, 1.54) is 47.4 Å². The standard InChI is InChI=1S/C18H20FN3O3S/c1-12(10-25-3)20-17(24)9-8-14-11-26-18(21-14)22(13(2)23)16-7-5-4-6-15(16)19/h4-9,11-12H,10H2,1-3H3,(H,20,24). The lowest BCUT2D eigenvalue weighted by Gasteiger charge is -2.18. The fourth-order valence-corrected chi connectivity index (χ4v) is 3.09. The molecule has 1 aromatic carbocycles. The minimum atomic E-state index is -0.512. The van der Waals surface area contributed by atoms with E-state index in [2.05, 4.69) is 10.3 Å². The van der Waals surface area contributed by atoms with Crippen LogP contribution in [-0.2, 0) is 14.3 Å². The number of benzene rings is 1. The highest BCUT2D eigenvalue weighted by Gasteiger charge is 2.20. The fourth-order valence-electron chi connectivity index (χ4n) is 2.24. The summed E-state index contributed by atoms with van der Waals surface area (Å²) in [5, 5.41) is 4.76. The van der Waals surface area contributed by atoms with E-state index in [0.717, 1.165) is 0 Å². The lowest BCUT2D eigenvalue weighted by atomic mass is 10.3. The number of aromatic nitrogens is 1. The van der Waals surface area contributed by atoms with Crippen molar-refractivity contribution in [1.82, 2.24) is 10.3 Å². The monoisotopic (exact) mass is 377 g/mol. The minimum Gasteiger partial charge on any atom is -0.383 e. The van der Waals surface area contributed by atoms with Gasteiger partial charge in [0, 0.05) is 31.5 Å². The van der Waals surface area contributed by atoms with Crippen LogP contribution in [0.15, 0.2) is 35.7 Å². The molecule has 0 saturated carbocycles. The number of hydrogen-bond acceptors (Lipinski definition) is 5. The van der Waals surface area contributed by atoms with Crippen LogP contribution in [0.3, 0.4) is 0 Å². The molecule has 2 aromatic rings. The third-order valence-electron chi connectivity index (χ3n) is 3.32. The van der Waals surface area contributed by atoms with Crippen LogP contribution in [0.1, 0.15) is 19.5 Å². The molecule has 26 heavy (non-hydrogen) atoms. The summed E-state index contributed by atoms with van der Waals surface area (Å²) in [6, 6.07) is 5.88. The first-order valence-corrected chi connectivity index (χ1v) is 8.78. The number of amides is 2. The number of carbonyl (C=O) groups is 2. The number of hydrogen-bond donors (Lipinski definition) is 1. The fraction of sp³-hybridized carbons (Fsp3) is 0.278. The summed E-state index contributed by atoms with van der Waals surface area (Å²) >= 11 is 1.19. The van der Waals surface area contributed by atoms with Crippen molar-refractivity contribution >= 4 is 40.0 Å². The molecule has 0 aliphatic carbocycles. The summed E-state index contributed by atoms with van der Waals surface area (Å²) in [6.07, 6.45) is 2.89. The van der Waals surface area contributed by atoms with Crippen LogP contribution in [0.5, 0.6) is 0 Å². The van der Waals surface area contributed by atoms with E-state index in [1.54, 1.807) is 24.6 Å². The third kappa shape index (κ3) is 5.21. The molecule has 1 unspecified atom stereocenters. The number of carbonyl (C=O) groups excluding carboxylic acids is 2. The Bertz CT molecular complexity index is 806. The molecule has 1 heterocycles. The van der Waals surface area contributed by atoms with E-state index in [1.807, 2.05) is 6.92 Å². The van der Waals surface area contributed by atoms with Crippen LogP contribution < -0.4 is 10.2 Å². The Kier molecular flexibility index (Phi) is 6.99. The molecule has 0 aliphatic rings. The predicted molar refractivity (Wildman–Crippen MR) is 99.8 cm³/mol. The van der Waals surface area contributed by atoms with E-state index in [4.69, 9.17) is 4.74 Å². The van der Waals surface area contributed by atoms with Crippen molar-refractivity contribution in [3.8, 4) is 0 Å². The number of nitrogens with zero attached hydrogens (tertiary/aromatic N) is 2. The van der Waals surface area contributed by atoms with Crippen LogP contribution in [0.2, 0.25) is 0 Å². The van der Waals surface area contributed by atoms with Crippen molar-refractivity contribution in [3.63, 3.8) is 0 Å². The largest absolute Gasteiger partial charge is 0.383 e. The summed E-state index contributed by atoms with van der Waals surface area (Å²) in [5.41, 5.74) is 0.637. The lowest BCUT2D eigenvalue weighted by molar-refractivity contribution is -0.117. The van der Waals surface area contributed by atoms with Gasteiger partial charge in [-0.3, -0.25) is 14.5 Å². The quantitative estimate of drug-likeness (QED) is 0.753. The first kappa shape index (κ1) is 19.7. The molecule has 0 radical (unpaired) electrons. The van der Waals surface area contributed by atoms with Crippen molar-refractivity contribution in [3.05, 3.63) is 47.2 Å². The zero-order chi connectivity index (χ0) is 19.1. The number of para-hydroxylation sites is 1. The maximum Gasteiger partial charge on any atom is 0.244 e. The Hall–Kier alpha value is -2.58. The van der Waals surface area contributed by atoms with E-state index in [-0.39, 0.29) is 23.5 Å². The molecule has 0 saturated heterocycles. The molecule has 2 rings (SSSR count). The van der Waals surface area contributed by atoms with Gasteiger partial charge in [0.2, 0.25) is 11.8 Å². The van der Waals surface area contributed by atoms with Crippen LogP contribution >= 0.6 is 11.3 Å². The van der Waals surface area contributed by atoms with Crippen LogP contribution in [0.25, 0.3) is 6.08 Å². The highest BCUT2D eigenvalue weighted by atomic mass is 32.1. The van der Waals surface area contributed by atoms with Gasteiger partial charge >= 0.3 is 0 Å². The molecule has 0 aliphatic heterocycles. The van der Waals surface area contributed by atoms with Crippen molar-refractivity contribution in [2.75, 3.05) is 18.6 Å². The lowest BCUT2D eigenvalue weighted by Crippen LogP contribution is -2.34. The van der Waals surface area contributed by atoms with E-state index in [0.29, 0.717) is 17.4 Å². The van der Waals surface area contributed by atoms with Gasteiger partial charge in [-0.25, -0.2) is 9.37 Å². The van der Waals surface area contributed by atoms with E-state index < -0.39 is 5.82 Å². The molecule has 2 amide bonds. The molecule has 0 bridgehead atoms. The molecule has 1 atom stereocenters. The molecular formula is C18H20FN3O3S. The van der Waals surface area contributed by atoms with Crippen molar-refractivity contribution in [2.24, 2.45) is 0 Å². The van der Waals surface area contributed by atoms with Crippen LogP contribution in [0.4, 0.5) is 15.2 Å². The first-order chi connectivity index (χ1) is 12.4. The van der Waals surface area contributed by atoms with Gasteiger partial charge in [-0.1, -0.05) is 12.1 Å². The number of thiazole rings is 1. The molecule has 0 spiro atoms. The Morgan fingerprint density at radius 1 is 1.42 bits per heavy atom. The first-order valence-electron chi connectivity index (χ1n) is 7.90. The molecular weight excluding hydrogens is 357 g/mol. The van der Waals surface area contributed by atoms with Gasteiger partial charge in [0.1, 0.15) is 5.82 Å².